The average Bonchev–Trinajstić information content (AvgIpc) is 2.89. The Kier molecular flexibility index (Phi) is 5.34. The van der Waals surface area contributed by atoms with Gasteiger partial charge in [-0.1, -0.05) is 0 Å². The largest absolute Gasteiger partial charge is 0.314 e. The number of benzene rings is 1. The molecule has 1 aliphatic rings. The maximum Gasteiger partial charge on any atom is 0.179 e. The smallest absolute Gasteiger partial charge is 0.179 e. The summed E-state index contributed by atoms with van der Waals surface area (Å²) in [4.78, 5) is 2.59. The topological polar surface area (TPSA) is 73.2 Å². The average molecular weight is 307 g/mol. The monoisotopic (exact) mass is 307 g/mol. The number of nitriles is 1. The molecule has 0 saturated carbocycles. The van der Waals surface area contributed by atoms with Gasteiger partial charge in [0.25, 0.3) is 0 Å². The number of likely N-dealkylation sites (tertiary alicyclic amines) is 1. The van der Waals surface area contributed by atoms with Crippen molar-refractivity contribution in [1.82, 2.24) is 10.2 Å². The lowest BCUT2D eigenvalue weighted by Gasteiger charge is -2.19. The van der Waals surface area contributed by atoms with Crippen LogP contribution in [0.5, 0.6) is 0 Å². The van der Waals surface area contributed by atoms with Crippen molar-refractivity contribution in [2.24, 2.45) is 0 Å². The minimum atomic E-state index is -3.28. The second-order valence-corrected chi connectivity index (χ2v) is 7.54. The third kappa shape index (κ3) is 4.27. The standard InChI is InChI=1S/C15H21N3O2S/c1-18-9-2-3-14(18)12-17-8-10-21(19,20)15-6-4-13(11-16)5-7-15/h4-7,14,17H,2-3,8-10,12H2,1H3. The predicted molar refractivity (Wildman–Crippen MR) is 81.7 cm³/mol. The Balaban J connectivity index is 1.82. The Morgan fingerprint density at radius 1 is 1.38 bits per heavy atom. The number of nitrogens with zero attached hydrogens (tertiary/aromatic N) is 2. The molecular formula is C15H21N3O2S. The van der Waals surface area contributed by atoms with Gasteiger partial charge in [0, 0.05) is 19.1 Å². The van der Waals surface area contributed by atoms with E-state index in [9.17, 15) is 8.42 Å². The summed E-state index contributed by atoms with van der Waals surface area (Å²) >= 11 is 0. The highest BCUT2D eigenvalue weighted by Crippen LogP contribution is 2.14. The van der Waals surface area contributed by atoms with E-state index in [0.717, 1.165) is 13.1 Å². The normalized spacial score (nSPS) is 19.5. The van der Waals surface area contributed by atoms with Crippen molar-refractivity contribution in [3.63, 3.8) is 0 Å². The lowest BCUT2D eigenvalue weighted by atomic mass is 10.2. The molecule has 0 bridgehead atoms. The van der Waals surface area contributed by atoms with Gasteiger partial charge < -0.3 is 10.2 Å². The minimum Gasteiger partial charge on any atom is -0.314 e. The summed E-state index contributed by atoms with van der Waals surface area (Å²) in [5, 5.41) is 11.9. The lowest BCUT2D eigenvalue weighted by molar-refractivity contribution is 0.302. The van der Waals surface area contributed by atoms with Crippen molar-refractivity contribution < 1.29 is 8.42 Å². The Labute approximate surface area is 126 Å². The van der Waals surface area contributed by atoms with Crippen LogP contribution in [0.4, 0.5) is 0 Å². The van der Waals surface area contributed by atoms with Crippen LogP contribution in [-0.2, 0) is 9.84 Å². The maximum absolute atomic E-state index is 12.2. The molecule has 1 aromatic rings. The van der Waals surface area contributed by atoms with Crippen molar-refractivity contribution in [3.8, 4) is 6.07 Å². The van der Waals surface area contributed by atoms with Crippen LogP contribution in [0.25, 0.3) is 0 Å². The molecular weight excluding hydrogens is 286 g/mol. The van der Waals surface area contributed by atoms with E-state index in [0.29, 0.717) is 18.2 Å². The summed E-state index contributed by atoms with van der Waals surface area (Å²) in [7, 11) is -1.18. The second-order valence-electron chi connectivity index (χ2n) is 5.44. The van der Waals surface area contributed by atoms with Gasteiger partial charge in [0.2, 0.25) is 0 Å². The van der Waals surface area contributed by atoms with Gasteiger partial charge in [-0.2, -0.15) is 5.26 Å². The summed E-state index contributed by atoms with van der Waals surface area (Å²) < 4.78 is 24.3. The molecule has 1 heterocycles. The lowest BCUT2D eigenvalue weighted by Crippen LogP contribution is -2.37. The number of rotatable bonds is 6. The zero-order valence-electron chi connectivity index (χ0n) is 12.2. The molecule has 2 rings (SSSR count). The number of hydrogen-bond donors (Lipinski definition) is 1. The fourth-order valence-electron chi connectivity index (χ4n) is 2.57. The van der Waals surface area contributed by atoms with Crippen LogP contribution in [0.3, 0.4) is 0 Å². The van der Waals surface area contributed by atoms with E-state index >= 15 is 0 Å². The van der Waals surface area contributed by atoms with E-state index in [1.54, 1.807) is 0 Å². The second kappa shape index (κ2) is 7.03. The van der Waals surface area contributed by atoms with E-state index in [1.807, 2.05) is 6.07 Å². The van der Waals surface area contributed by atoms with Gasteiger partial charge in [-0.05, 0) is 50.7 Å². The quantitative estimate of drug-likeness (QED) is 0.794. The highest BCUT2D eigenvalue weighted by molar-refractivity contribution is 7.91. The molecule has 0 amide bonds. The van der Waals surface area contributed by atoms with E-state index in [1.165, 1.54) is 37.1 Å². The summed E-state index contributed by atoms with van der Waals surface area (Å²) in [6, 6.07) is 8.57. The van der Waals surface area contributed by atoms with Gasteiger partial charge in [0.05, 0.1) is 22.3 Å². The molecule has 1 saturated heterocycles. The van der Waals surface area contributed by atoms with Crippen LogP contribution in [0.1, 0.15) is 18.4 Å². The van der Waals surface area contributed by atoms with Crippen LogP contribution in [-0.4, -0.2) is 51.8 Å². The number of likely N-dealkylation sites (N-methyl/N-ethyl adjacent to an activating group) is 1. The molecule has 1 N–H and O–H groups in total. The van der Waals surface area contributed by atoms with Crippen LogP contribution >= 0.6 is 0 Å². The Hall–Kier alpha value is -1.42. The summed E-state index contributed by atoms with van der Waals surface area (Å²) in [5.74, 6) is 0.0787. The molecule has 0 radical (unpaired) electrons. The molecule has 1 aliphatic heterocycles. The molecule has 5 nitrogen and oxygen atoms in total. The zero-order valence-corrected chi connectivity index (χ0v) is 13.1. The van der Waals surface area contributed by atoms with Crippen molar-refractivity contribution in [3.05, 3.63) is 29.8 Å². The first-order valence-electron chi connectivity index (χ1n) is 7.17. The highest BCUT2D eigenvalue weighted by atomic mass is 32.2. The van der Waals surface area contributed by atoms with Gasteiger partial charge in [-0.15, -0.1) is 0 Å². The summed E-state index contributed by atoms with van der Waals surface area (Å²) in [6.45, 7) is 2.40. The molecule has 1 atom stereocenters. The minimum absolute atomic E-state index is 0.0787. The van der Waals surface area contributed by atoms with Crippen molar-refractivity contribution in [1.29, 1.82) is 5.26 Å². The van der Waals surface area contributed by atoms with Gasteiger partial charge in [0.15, 0.2) is 9.84 Å². The summed E-state index contributed by atoms with van der Waals surface area (Å²) in [5.41, 5.74) is 0.469. The van der Waals surface area contributed by atoms with Crippen molar-refractivity contribution in [2.75, 3.05) is 32.4 Å². The SMILES string of the molecule is CN1CCCC1CNCCS(=O)(=O)c1ccc(C#N)cc1. The fourth-order valence-corrected chi connectivity index (χ4v) is 3.77. The van der Waals surface area contributed by atoms with E-state index in [-0.39, 0.29) is 10.6 Å². The van der Waals surface area contributed by atoms with Gasteiger partial charge in [-0.3, -0.25) is 0 Å². The van der Waals surface area contributed by atoms with E-state index in [4.69, 9.17) is 5.26 Å². The Bertz CT molecular complexity index is 605. The van der Waals surface area contributed by atoms with Gasteiger partial charge in [-0.25, -0.2) is 8.42 Å². The first-order valence-corrected chi connectivity index (χ1v) is 8.82. The zero-order chi connectivity index (χ0) is 15.3. The molecule has 1 unspecified atom stereocenters. The fraction of sp³-hybridized carbons (Fsp3) is 0.533. The van der Waals surface area contributed by atoms with Crippen molar-refractivity contribution >= 4 is 9.84 Å². The van der Waals surface area contributed by atoms with Gasteiger partial charge >= 0.3 is 0 Å². The first-order chi connectivity index (χ1) is 10.0. The predicted octanol–water partition coefficient (Wildman–Crippen LogP) is 1.02. The molecule has 21 heavy (non-hydrogen) atoms. The third-order valence-electron chi connectivity index (χ3n) is 3.94. The van der Waals surface area contributed by atoms with Crippen LogP contribution in [0, 0.1) is 11.3 Å². The van der Waals surface area contributed by atoms with Gasteiger partial charge in [0.1, 0.15) is 0 Å². The third-order valence-corrected chi connectivity index (χ3v) is 5.67. The summed E-state index contributed by atoms with van der Waals surface area (Å²) in [6.07, 6.45) is 2.39. The number of sulfone groups is 1. The maximum atomic E-state index is 12.2. The molecule has 1 aromatic carbocycles. The van der Waals surface area contributed by atoms with E-state index in [2.05, 4.69) is 17.3 Å². The van der Waals surface area contributed by atoms with Crippen LogP contribution in [0.2, 0.25) is 0 Å². The molecule has 1 fully saturated rings. The Morgan fingerprint density at radius 2 is 2.10 bits per heavy atom. The highest BCUT2D eigenvalue weighted by Gasteiger charge is 2.20. The molecule has 0 aromatic heterocycles. The molecule has 0 aliphatic carbocycles. The first kappa shape index (κ1) is 16.0. The van der Waals surface area contributed by atoms with E-state index < -0.39 is 9.84 Å². The molecule has 0 spiro atoms. The Morgan fingerprint density at radius 3 is 2.67 bits per heavy atom. The molecule has 114 valence electrons. The van der Waals surface area contributed by atoms with Crippen molar-refractivity contribution in [2.45, 2.75) is 23.8 Å². The van der Waals surface area contributed by atoms with Crippen LogP contribution < -0.4 is 5.32 Å². The molecule has 6 heteroatoms. The van der Waals surface area contributed by atoms with Crippen LogP contribution in [0.15, 0.2) is 29.2 Å². The number of hydrogen-bond acceptors (Lipinski definition) is 5. The number of nitrogens with one attached hydrogen (secondary N) is 1.